The first-order chi connectivity index (χ1) is 7.78. The monoisotopic (exact) mass is 232 g/mol. The van der Waals surface area contributed by atoms with Crippen molar-refractivity contribution in [1.29, 1.82) is 0 Å². The van der Waals surface area contributed by atoms with Gasteiger partial charge in [0.25, 0.3) is 0 Å². The van der Waals surface area contributed by atoms with E-state index in [2.05, 4.69) is 35.1 Å². The maximum atomic E-state index is 3.93. The van der Waals surface area contributed by atoms with Crippen molar-refractivity contribution >= 4 is 0 Å². The minimum Gasteiger partial charge on any atom is -0.358 e. The number of allylic oxidation sites excluding steroid dienone is 2. The Morgan fingerprint density at radius 1 is 0.562 bits per heavy atom. The topological polar surface area (TPSA) is 111 Å². The molecule has 0 radical (unpaired) electrons. The first kappa shape index (κ1) is 15.6. The predicted molar refractivity (Wildman–Crippen MR) is 65.6 cm³/mol. The zero-order valence-electron chi connectivity index (χ0n) is 10.8. The smallest absolute Gasteiger partial charge is 0.0745 e. The van der Waals surface area contributed by atoms with E-state index >= 15 is 0 Å². The van der Waals surface area contributed by atoms with Gasteiger partial charge in [-0.2, -0.15) is 0 Å². The molecule has 0 saturated heterocycles. The molecule has 96 valence electrons. The van der Waals surface area contributed by atoms with Gasteiger partial charge < -0.3 is 22.9 Å². The molecule has 0 aromatic heterocycles. The Bertz CT molecular complexity index is 140. The van der Waals surface area contributed by atoms with Gasteiger partial charge in [-0.1, -0.05) is 12.2 Å². The average molecular weight is 232 g/mol. The van der Waals surface area contributed by atoms with Crippen molar-refractivity contribution in [2.24, 2.45) is 11.8 Å². The molecular weight excluding hydrogens is 200 g/mol. The lowest BCUT2D eigenvalue weighted by atomic mass is 9.95. The minimum absolute atomic E-state index is 0.673. The highest BCUT2D eigenvalue weighted by Crippen LogP contribution is 2.13. The van der Waals surface area contributed by atoms with Gasteiger partial charge in [0.05, 0.1) is 26.2 Å². The van der Waals surface area contributed by atoms with Crippen LogP contribution < -0.4 is 22.9 Å². The van der Waals surface area contributed by atoms with Crippen molar-refractivity contribution in [1.82, 2.24) is 0 Å². The molecule has 0 aromatic rings. The quantitative estimate of drug-likeness (QED) is 0.294. The third kappa shape index (κ3) is 7.82. The van der Waals surface area contributed by atoms with Gasteiger partial charge in [0, 0.05) is 25.7 Å². The second kappa shape index (κ2) is 11.1. The molecule has 0 spiro atoms. The maximum absolute atomic E-state index is 3.93. The molecule has 0 aliphatic rings. The van der Waals surface area contributed by atoms with Crippen molar-refractivity contribution in [2.45, 2.75) is 25.7 Å². The molecule has 0 fully saturated rings. The zero-order chi connectivity index (χ0) is 12.2. The van der Waals surface area contributed by atoms with Gasteiger partial charge in [0.2, 0.25) is 0 Å². The van der Waals surface area contributed by atoms with Crippen molar-refractivity contribution in [3.8, 4) is 0 Å². The zero-order valence-corrected chi connectivity index (χ0v) is 10.8. The van der Waals surface area contributed by atoms with Gasteiger partial charge in [0.1, 0.15) is 0 Å². The summed E-state index contributed by atoms with van der Waals surface area (Å²) in [6.45, 7) is 4.07. The van der Waals surface area contributed by atoms with Crippen LogP contribution >= 0.6 is 0 Å². The summed E-state index contributed by atoms with van der Waals surface area (Å²) in [7, 11) is 0. The fraction of sp³-hybridized carbons (Fsp3) is 0.833. The molecule has 0 amide bonds. The average Bonchev–Trinajstić information content (AvgIpc) is 2.27. The summed E-state index contributed by atoms with van der Waals surface area (Å²) in [5, 5.41) is 0. The van der Waals surface area contributed by atoms with Crippen LogP contribution in [0.5, 0.6) is 0 Å². The molecule has 0 bridgehead atoms. The van der Waals surface area contributed by atoms with E-state index in [1.807, 2.05) is 0 Å². The van der Waals surface area contributed by atoms with E-state index < -0.39 is 0 Å². The largest absolute Gasteiger partial charge is 0.358 e. The van der Waals surface area contributed by atoms with Crippen molar-refractivity contribution in [3.05, 3.63) is 12.2 Å². The SMILES string of the molecule is [NH3+]CCC(/C=C/C(CC[NH3+])CC[NH3+])CC[NH3+]. The molecular formula is C12H32N4+4. The number of quaternary nitrogens is 4. The van der Waals surface area contributed by atoms with Gasteiger partial charge in [-0.3, -0.25) is 0 Å². The van der Waals surface area contributed by atoms with Crippen molar-refractivity contribution in [3.63, 3.8) is 0 Å². The van der Waals surface area contributed by atoms with E-state index in [-0.39, 0.29) is 0 Å². The minimum atomic E-state index is 0.673. The Kier molecular flexibility index (Phi) is 10.8. The summed E-state index contributed by atoms with van der Waals surface area (Å²) in [5.74, 6) is 1.35. The Hall–Kier alpha value is -0.420. The highest BCUT2D eigenvalue weighted by atomic mass is 14.6. The van der Waals surface area contributed by atoms with Crippen LogP contribution in [0.1, 0.15) is 25.7 Å². The van der Waals surface area contributed by atoms with E-state index in [1.54, 1.807) is 0 Å². The second-order valence-electron chi connectivity index (χ2n) is 4.47. The van der Waals surface area contributed by atoms with Crippen LogP contribution in [0.2, 0.25) is 0 Å². The summed E-state index contributed by atoms with van der Waals surface area (Å²) in [6, 6.07) is 0. The molecule has 0 aliphatic heterocycles. The van der Waals surface area contributed by atoms with Crippen LogP contribution in [-0.2, 0) is 0 Å². The molecule has 4 nitrogen and oxygen atoms in total. The molecule has 4 heteroatoms. The lowest BCUT2D eigenvalue weighted by Gasteiger charge is -2.11. The second-order valence-corrected chi connectivity index (χ2v) is 4.47. The highest BCUT2D eigenvalue weighted by Gasteiger charge is 2.08. The molecule has 0 heterocycles. The van der Waals surface area contributed by atoms with E-state index in [1.165, 1.54) is 25.7 Å². The fourth-order valence-corrected chi connectivity index (χ4v) is 2.04. The van der Waals surface area contributed by atoms with Crippen LogP contribution in [-0.4, -0.2) is 26.2 Å². The van der Waals surface area contributed by atoms with Gasteiger partial charge in [-0.25, -0.2) is 0 Å². The highest BCUT2D eigenvalue weighted by molar-refractivity contribution is 4.92. The normalized spacial score (nSPS) is 12.1. The standard InChI is InChI=1S/C12H28N4/c13-7-3-11(4-8-14)1-2-12(5-9-15)6-10-16/h1-2,11-12H,3-10,13-16H2/p+4/b2-1+. The van der Waals surface area contributed by atoms with Gasteiger partial charge in [-0.05, 0) is 11.8 Å². The molecule has 0 rings (SSSR count). The molecule has 12 N–H and O–H groups in total. The van der Waals surface area contributed by atoms with Crippen LogP contribution in [0, 0.1) is 11.8 Å². The van der Waals surface area contributed by atoms with E-state index in [0.29, 0.717) is 11.8 Å². The number of rotatable bonds is 10. The van der Waals surface area contributed by atoms with E-state index in [9.17, 15) is 0 Å². The van der Waals surface area contributed by atoms with Crippen LogP contribution in [0.15, 0.2) is 12.2 Å². The summed E-state index contributed by atoms with van der Waals surface area (Å²) >= 11 is 0. The lowest BCUT2D eigenvalue weighted by molar-refractivity contribution is -0.378. The first-order valence-corrected chi connectivity index (χ1v) is 6.63. The molecule has 0 unspecified atom stereocenters. The molecule has 0 atom stereocenters. The lowest BCUT2D eigenvalue weighted by Crippen LogP contribution is -2.53. The van der Waals surface area contributed by atoms with E-state index in [4.69, 9.17) is 0 Å². The summed E-state index contributed by atoms with van der Waals surface area (Å²) in [5.41, 5.74) is 15.7. The molecule has 0 aromatic carbocycles. The van der Waals surface area contributed by atoms with Crippen molar-refractivity contribution in [2.75, 3.05) is 26.2 Å². The molecule has 16 heavy (non-hydrogen) atoms. The van der Waals surface area contributed by atoms with Gasteiger partial charge in [-0.15, -0.1) is 0 Å². The summed E-state index contributed by atoms with van der Waals surface area (Å²) in [4.78, 5) is 0. The third-order valence-electron chi connectivity index (χ3n) is 2.96. The Labute approximate surface area is 99.4 Å². The molecule has 0 aliphatic carbocycles. The van der Waals surface area contributed by atoms with Gasteiger partial charge >= 0.3 is 0 Å². The summed E-state index contributed by atoms with van der Waals surface area (Å²) in [6.07, 6.45) is 9.51. The van der Waals surface area contributed by atoms with E-state index in [0.717, 1.165) is 26.2 Å². The van der Waals surface area contributed by atoms with Gasteiger partial charge in [0.15, 0.2) is 0 Å². The van der Waals surface area contributed by atoms with Crippen molar-refractivity contribution < 1.29 is 22.9 Å². The Morgan fingerprint density at radius 3 is 1.00 bits per heavy atom. The van der Waals surface area contributed by atoms with Crippen LogP contribution in [0.4, 0.5) is 0 Å². The third-order valence-corrected chi connectivity index (χ3v) is 2.96. The Morgan fingerprint density at radius 2 is 0.812 bits per heavy atom. The molecule has 0 saturated carbocycles. The Balaban J connectivity index is 4.12. The summed E-state index contributed by atoms with van der Waals surface area (Å²) < 4.78 is 0. The first-order valence-electron chi connectivity index (χ1n) is 6.63. The fourth-order valence-electron chi connectivity index (χ4n) is 2.04. The number of hydrogen-bond acceptors (Lipinski definition) is 0. The predicted octanol–water partition coefficient (Wildman–Crippen LogP) is -2.70. The van der Waals surface area contributed by atoms with Crippen LogP contribution in [0.3, 0.4) is 0 Å². The number of hydrogen-bond donors (Lipinski definition) is 4. The van der Waals surface area contributed by atoms with Crippen LogP contribution in [0.25, 0.3) is 0 Å². The maximum Gasteiger partial charge on any atom is 0.0745 e.